The van der Waals surface area contributed by atoms with E-state index in [0.29, 0.717) is 23.8 Å². The van der Waals surface area contributed by atoms with Crippen molar-refractivity contribution in [2.24, 2.45) is 0 Å². The topological polar surface area (TPSA) is 51.2 Å². The van der Waals surface area contributed by atoms with Crippen molar-refractivity contribution in [3.05, 3.63) is 53.3 Å². The second-order valence-corrected chi connectivity index (χ2v) is 5.77. The van der Waals surface area contributed by atoms with E-state index in [4.69, 9.17) is 16.3 Å². The summed E-state index contributed by atoms with van der Waals surface area (Å²) in [4.78, 5) is 16.5. The summed E-state index contributed by atoms with van der Waals surface area (Å²) < 4.78 is 5.30. The lowest BCUT2D eigenvalue weighted by Gasteiger charge is -2.23. The van der Waals surface area contributed by atoms with Gasteiger partial charge in [-0.05, 0) is 36.6 Å². The molecule has 0 aliphatic carbocycles. The smallest absolute Gasteiger partial charge is 0.253 e. The van der Waals surface area contributed by atoms with E-state index >= 15 is 0 Å². The third-order valence-electron chi connectivity index (χ3n) is 3.73. The molecule has 1 fully saturated rings. The first-order valence-electron chi connectivity index (χ1n) is 7.32. The number of halogens is 1. The first-order chi connectivity index (χ1) is 10.7. The van der Waals surface area contributed by atoms with Gasteiger partial charge in [-0.1, -0.05) is 23.7 Å². The standard InChI is InChI=1S/C17H17ClN2O2/c18-15-3-1-12(2-4-15)13-9-14(11-19-10-13)17(21)20-16-5-7-22-8-6-16/h1-4,9-11,16H,5-8H2,(H,20,21). The number of pyridine rings is 1. The Morgan fingerprint density at radius 2 is 1.86 bits per heavy atom. The average molecular weight is 317 g/mol. The summed E-state index contributed by atoms with van der Waals surface area (Å²) >= 11 is 5.90. The summed E-state index contributed by atoms with van der Waals surface area (Å²) in [5.41, 5.74) is 2.45. The molecule has 0 radical (unpaired) electrons. The minimum atomic E-state index is -0.0878. The monoisotopic (exact) mass is 316 g/mol. The lowest BCUT2D eigenvalue weighted by Crippen LogP contribution is -2.38. The van der Waals surface area contributed by atoms with Crippen molar-refractivity contribution in [3.63, 3.8) is 0 Å². The van der Waals surface area contributed by atoms with Crippen LogP contribution >= 0.6 is 11.6 Å². The molecule has 0 spiro atoms. The Morgan fingerprint density at radius 1 is 1.14 bits per heavy atom. The van der Waals surface area contributed by atoms with Crippen LogP contribution in [0.15, 0.2) is 42.7 Å². The van der Waals surface area contributed by atoms with Gasteiger partial charge < -0.3 is 10.1 Å². The third-order valence-corrected chi connectivity index (χ3v) is 3.99. The number of amides is 1. The number of rotatable bonds is 3. The van der Waals surface area contributed by atoms with Crippen LogP contribution in [0.5, 0.6) is 0 Å². The SMILES string of the molecule is O=C(NC1CCOCC1)c1cncc(-c2ccc(Cl)cc2)c1. The molecule has 1 N–H and O–H groups in total. The van der Waals surface area contributed by atoms with Gasteiger partial charge in [-0.2, -0.15) is 0 Å². The highest BCUT2D eigenvalue weighted by molar-refractivity contribution is 6.30. The van der Waals surface area contributed by atoms with Gasteiger partial charge in [-0.3, -0.25) is 9.78 Å². The Labute approximate surface area is 134 Å². The zero-order valence-electron chi connectivity index (χ0n) is 12.1. The second kappa shape index (κ2) is 6.90. The molecular weight excluding hydrogens is 300 g/mol. The van der Waals surface area contributed by atoms with Crippen molar-refractivity contribution in [1.82, 2.24) is 10.3 Å². The molecule has 2 aromatic rings. The maximum atomic E-state index is 12.3. The first kappa shape index (κ1) is 15.0. The van der Waals surface area contributed by atoms with Crippen LogP contribution < -0.4 is 5.32 Å². The van der Waals surface area contributed by atoms with E-state index < -0.39 is 0 Å². The zero-order chi connectivity index (χ0) is 15.4. The van der Waals surface area contributed by atoms with Crippen LogP contribution in [0.3, 0.4) is 0 Å². The maximum Gasteiger partial charge on any atom is 0.253 e. The Morgan fingerprint density at radius 3 is 2.59 bits per heavy atom. The van der Waals surface area contributed by atoms with Crippen LogP contribution in [-0.4, -0.2) is 30.1 Å². The molecule has 1 saturated heterocycles. The lowest BCUT2D eigenvalue weighted by atomic mass is 10.1. The van der Waals surface area contributed by atoms with Gasteiger partial charge in [-0.15, -0.1) is 0 Å². The van der Waals surface area contributed by atoms with Gasteiger partial charge in [0.25, 0.3) is 5.91 Å². The van der Waals surface area contributed by atoms with Gasteiger partial charge in [0, 0.05) is 42.2 Å². The Bertz CT molecular complexity index is 652. The molecule has 22 heavy (non-hydrogen) atoms. The number of carbonyl (C=O) groups excluding carboxylic acids is 1. The average Bonchev–Trinajstić information content (AvgIpc) is 2.56. The largest absolute Gasteiger partial charge is 0.381 e. The number of nitrogens with one attached hydrogen (secondary N) is 1. The molecule has 3 rings (SSSR count). The molecule has 0 saturated carbocycles. The van der Waals surface area contributed by atoms with E-state index in [2.05, 4.69) is 10.3 Å². The van der Waals surface area contributed by atoms with Gasteiger partial charge in [0.2, 0.25) is 0 Å². The van der Waals surface area contributed by atoms with Crippen molar-refractivity contribution in [3.8, 4) is 11.1 Å². The van der Waals surface area contributed by atoms with Crippen molar-refractivity contribution in [2.45, 2.75) is 18.9 Å². The number of benzene rings is 1. The summed E-state index contributed by atoms with van der Waals surface area (Å²) in [5.74, 6) is -0.0878. The van der Waals surface area contributed by atoms with Gasteiger partial charge in [0.15, 0.2) is 0 Å². The van der Waals surface area contributed by atoms with Gasteiger partial charge >= 0.3 is 0 Å². The molecular formula is C17H17ClN2O2. The summed E-state index contributed by atoms with van der Waals surface area (Å²) in [6.07, 6.45) is 5.05. The first-order valence-corrected chi connectivity index (χ1v) is 7.70. The number of aromatic nitrogens is 1. The highest BCUT2D eigenvalue weighted by atomic mass is 35.5. The van der Waals surface area contributed by atoms with E-state index in [9.17, 15) is 4.79 Å². The van der Waals surface area contributed by atoms with Crippen LogP contribution in [0.2, 0.25) is 5.02 Å². The van der Waals surface area contributed by atoms with E-state index in [1.165, 1.54) is 0 Å². The van der Waals surface area contributed by atoms with Crippen LogP contribution in [0.1, 0.15) is 23.2 Å². The minimum absolute atomic E-state index is 0.0878. The Kier molecular flexibility index (Phi) is 4.71. The zero-order valence-corrected chi connectivity index (χ0v) is 12.8. The molecule has 1 amide bonds. The summed E-state index contributed by atoms with van der Waals surface area (Å²) in [6.45, 7) is 1.40. The molecule has 2 heterocycles. The van der Waals surface area contributed by atoms with Crippen molar-refractivity contribution < 1.29 is 9.53 Å². The molecule has 5 heteroatoms. The second-order valence-electron chi connectivity index (χ2n) is 5.33. The van der Waals surface area contributed by atoms with E-state index in [1.807, 2.05) is 30.3 Å². The van der Waals surface area contributed by atoms with Gasteiger partial charge in [0.05, 0.1) is 5.56 Å². The van der Waals surface area contributed by atoms with E-state index in [0.717, 1.165) is 24.0 Å². The van der Waals surface area contributed by atoms with Gasteiger partial charge in [0.1, 0.15) is 0 Å². The predicted molar refractivity (Wildman–Crippen MR) is 86.0 cm³/mol. The van der Waals surface area contributed by atoms with Gasteiger partial charge in [-0.25, -0.2) is 0 Å². The fourth-order valence-corrected chi connectivity index (χ4v) is 2.60. The molecule has 0 bridgehead atoms. The van der Waals surface area contributed by atoms with Crippen LogP contribution in [0, 0.1) is 0 Å². The highest BCUT2D eigenvalue weighted by Crippen LogP contribution is 2.21. The minimum Gasteiger partial charge on any atom is -0.381 e. The van der Waals surface area contributed by atoms with Crippen LogP contribution in [0.4, 0.5) is 0 Å². The molecule has 1 aliphatic rings. The van der Waals surface area contributed by atoms with E-state index in [-0.39, 0.29) is 11.9 Å². The quantitative estimate of drug-likeness (QED) is 0.945. The van der Waals surface area contributed by atoms with Crippen molar-refractivity contribution >= 4 is 17.5 Å². The van der Waals surface area contributed by atoms with Crippen molar-refractivity contribution in [1.29, 1.82) is 0 Å². The lowest BCUT2D eigenvalue weighted by molar-refractivity contribution is 0.0696. The molecule has 0 unspecified atom stereocenters. The van der Waals surface area contributed by atoms with Crippen molar-refractivity contribution in [2.75, 3.05) is 13.2 Å². The van der Waals surface area contributed by atoms with Crippen LogP contribution in [-0.2, 0) is 4.74 Å². The molecule has 1 aliphatic heterocycles. The van der Waals surface area contributed by atoms with E-state index in [1.54, 1.807) is 12.4 Å². The number of nitrogens with zero attached hydrogens (tertiary/aromatic N) is 1. The fraction of sp³-hybridized carbons (Fsp3) is 0.294. The number of carbonyl (C=O) groups is 1. The normalized spacial score (nSPS) is 15.5. The predicted octanol–water partition coefficient (Wildman–Crippen LogP) is 3.31. The Balaban J connectivity index is 1.75. The number of ether oxygens (including phenoxy) is 1. The molecule has 4 nitrogen and oxygen atoms in total. The maximum absolute atomic E-state index is 12.3. The molecule has 1 aromatic carbocycles. The summed E-state index contributed by atoms with van der Waals surface area (Å²) in [5, 5.41) is 3.73. The number of hydrogen-bond acceptors (Lipinski definition) is 3. The van der Waals surface area contributed by atoms with Crippen LogP contribution in [0.25, 0.3) is 11.1 Å². The molecule has 0 atom stereocenters. The Hall–Kier alpha value is -1.91. The number of hydrogen-bond donors (Lipinski definition) is 1. The molecule has 1 aromatic heterocycles. The highest BCUT2D eigenvalue weighted by Gasteiger charge is 2.17. The fourth-order valence-electron chi connectivity index (χ4n) is 2.47. The molecule has 114 valence electrons. The summed E-state index contributed by atoms with van der Waals surface area (Å²) in [6, 6.07) is 9.52. The summed E-state index contributed by atoms with van der Waals surface area (Å²) in [7, 11) is 0. The third kappa shape index (κ3) is 3.64.